The summed E-state index contributed by atoms with van der Waals surface area (Å²) in [6.07, 6.45) is 27.1. The number of rotatable bonds is 22. The Morgan fingerprint density at radius 3 is 1.00 bits per heavy atom. The average Bonchev–Trinajstić information content (AvgIpc) is 2.68. The van der Waals surface area contributed by atoms with E-state index < -0.39 is 15.2 Å². The number of carbonyl (C=O) groups excluding carboxylic acids is 1. The molecule has 0 aliphatic heterocycles. The third kappa shape index (κ3) is 23.8. The van der Waals surface area contributed by atoms with E-state index in [9.17, 15) is 13.2 Å². The maximum Gasteiger partial charge on any atom is 0.328 e. The van der Waals surface area contributed by atoms with Gasteiger partial charge < -0.3 is 6.15 Å². The van der Waals surface area contributed by atoms with Gasteiger partial charge in [0.05, 0.1) is 0 Å². The molecule has 0 radical (unpaired) electrons. The zero-order chi connectivity index (χ0) is 21.6. The van der Waals surface area contributed by atoms with Crippen molar-refractivity contribution in [2.24, 2.45) is 0 Å². The fraction of sp³-hybridized carbons (Fsp3) is 0.958. The van der Waals surface area contributed by atoms with E-state index in [1.54, 1.807) is 0 Å². The zero-order valence-electron chi connectivity index (χ0n) is 19.8. The molecule has 0 amide bonds. The average molecular weight is 450 g/mol. The fourth-order valence-electron chi connectivity index (χ4n) is 3.83. The molecule has 0 fully saturated rings. The van der Waals surface area contributed by atoms with Gasteiger partial charge in [-0.1, -0.05) is 135 Å². The molecule has 0 bridgehead atoms. The summed E-state index contributed by atoms with van der Waals surface area (Å²) in [5.41, 5.74) is 0. The van der Waals surface area contributed by atoms with E-state index >= 15 is 0 Å². The molecule has 0 aromatic heterocycles. The summed E-state index contributed by atoms with van der Waals surface area (Å²) in [5, 5.41) is -1.05. The molecular formula is C24H51NO4S. The molecule has 182 valence electrons. The van der Waals surface area contributed by atoms with Crippen LogP contribution in [-0.4, -0.2) is 18.1 Å². The lowest BCUT2D eigenvalue weighted by molar-refractivity contribution is -0.112. The van der Waals surface area contributed by atoms with Gasteiger partial charge in [-0.3, -0.25) is 9.35 Å². The Labute approximate surface area is 187 Å². The van der Waals surface area contributed by atoms with Crippen molar-refractivity contribution in [1.29, 1.82) is 0 Å². The van der Waals surface area contributed by atoms with E-state index in [0.29, 0.717) is 6.42 Å². The second kappa shape index (κ2) is 23.2. The van der Waals surface area contributed by atoms with Crippen LogP contribution in [0.5, 0.6) is 0 Å². The van der Waals surface area contributed by atoms with Crippen molar-refractivity contribution in [3.63, 3.8) is 0 Å². The van der Waals surface area contributed by atoms with Gasteiger partial charge in [-0.25, -0.2) is 0 Å². The summed E-state index contributed by atoms with van der Waals surface area (Å²) < 4.78 is 29.7. The Balaban J connectivity index is 0. The first-order valence-electron chi connectivity index (χ1n) is 12.5. The minimum Gasteiger partial charge on any atom is -0.344 e. The Morgan fingerprint density at radius 2 is 0.767 bits per heavy atom. The first-order chi connectivity index (χ1) is 14.0. The van der Waals surface area contributed by atoms with Gasteiger partial charge in [0.1, 0.15) is 0 Å². The first-order valence-corrected chi connectivity index (χ1v) is 13.9. The molecule has 0 saturated heterocycles. The van der Waals surface area contributed by atoms with Gasteiger partial charge in [-0.2, -0.15) is 8.42 Å². The lowest BCUT2D eigenvalue weighted by Crippen LogP contribution is -2.12. The fourth-order valence-corrected chi connectivity index (χ4v) is 4.23. The summed E-state index contributed by atoms with van der Waals surface area (Å²) in [6.45, 7) is 2.27. The summed E-state index contributed by atoms with van der Waals surface area (Å²) in [4.78, 5) is 11.0. The molecule has 6 heteroatoms. The van der Waals surface area contributed by atoms with Crippen molar-refractivity contribution in [2.45, 2.75) is 148 Å². The standard InChI is InChI=1S/C24H48O4S.H3N/c1-2-3-4-5-6-7-8-9-10-11-12-13-14-15-16-17-18-19-20-21-22-23-24(25)29(26,27)28;/h2-23H2,1H3,(H,26,27,28);1H3. The van der Waals surface area contributed by atoms with Crippen LogP contribution < -0.4 is 6.15 Å². The van der Waals surface area contributed by atoms with E-state index in [1.807, 2.05) is 0 Å². The van der Waals surface area contributed by atoms with E-state index in [1.165, 1.54) is 109 Å². The van der Waals surface area contributed by atoms with Crippen LogP contribution in [0.3, 0.4) is 0 Å². The molecule has 30 heavy (non-hydrogen) atoms. The summed E-state index contributed by atoms with van der Waals surface area (Å²) in [7, 11) is -4.47. The molecule has 0 aliphatic carbocycles. The van der Waals surface area contributed by atoms with Crippen LogP contribution in [0.4, 0.5) is 0 Å². The van der Waals surface area contributed by atoms with E-state index in [0.717, 1.165) is 19.3 Å². The lowest BCUT2D eigenvalue weighted by Gasteiger charge is -2.04. The second-order valence-electron chi connectivity index (χ2n) is 8.67. The van der Waals surface area contributed by atoms with Crippen LogP contribution in [0.25, 0.3) is 0 Å². The maximum absolute atomic E-state index is 11.0. The van der Waals surface area contributed by atoms with Crippen LogP contribution in [0.1, 0.15) is 148 Å². The van der Waals surface area contributed by atoms with E-state index in [-0.39, 0.29) is 12.6 Å². The van der Waals surface area contributed by atoms with Crippen molar-refractivity contribution in [3.05, 3.63) is 0 Å². The summed E-state index contributed by atoms with van der Waals surface area (Å²) in [5.74, 6) is 0. The van der Waals surface area contributed by atoms with E-state index in [2.05, 4.69) is 6.92 Å². The van der Waals surface area contributed by atoms with Crippen molar-refractivity contribution < 1.29 is 17.8 Å². The molecule has 0 aromatic carbocycles. The third-order valence-electron chi connectivity index (χ3n) is 5.77. The Bertz CT molecular complexity index is 466. The maximum atomic E-state index is 11.0. The number of hydrogen-bond acceptors (Lipinski definition) is 4. The molecule has 0 aromatic rings. The smallest absolute Gasteiger partial charge is 0.328 e. The van der Waals surface area contributed by atoms with Crippen molar-refractivity contribution in [3.8, 4) is 0 Å². The van der Waals surface area contributed by atoms with Gasteiger partial charge in [0, 0.05) is 6.42 Å². The topological polar surface area (TPSA) is 106 Å². The molecule has 0 unspecified atom stereocenters. The molecule has 0 atom stereocenters. The largest absolute Gasteiger partial charge is 0.344 e. The normalized spacial score (nSPS) is 11.4. The Hall–Kier alpha value is -0.460. The highest BCUT2D eigenvalue weighted by Gasteiger charge is 2.16. The molecule has 0 heterocycles. The van der Waals surface area contributed by atoms with Crippen LogP contribution in [0.15, 0.2) is 0 Å². The quantitative estimate of drug-likeness (QED) is 0.128. The second-order valence-corrected chi connectivity index (χ2v) is 10.1. The molecular weight excluding hydrogens is 398 g/mol. The minimum absolute atomic E-state index is 0. The predicted molar refractivity (Wildman–Crippen MR) is 129 cm³/mol. The monoisotopic (exact) mass is 449 g/mol. The number of hydrogen-bond donors (Lipinski definition) is 2. The molecule has 0 saturated carbocycles. The minimum atomic E-state index is -4.47. The van der Waals surface area contributed by atoms with Gasteiger partial charge in [0.15, 0.2) is 0 Å². The highest BCUT2D eigenvalue weighted by atomic mass is 32.2. The van der Waals surface area contributed by atoms with Gasteiger partial charge >= 0.3 is 10.1 Å². The van der Waals surface area contributed by atoms with Crippen LogP contribution in [-0.2, 0) is 14.9 Å². The lowest BCUT2D eigenvalue weighted by atomic mass is 10.0. The molecule has 0 rings (SSSR count). The van der Waals surface area contributed by atoms with E-state index in [4.69, 9.17) is 4.55 Å². The Morgan fingerprint density at radius 1 is 0.533 bits per heavy atom. The highest BCUT2D eigenvalue weighted by Crippen LogP contribution is 2.15. The number of unbranched alkanes of at least 4 members (excludes halogenated alkanes) is 20. The van der Waals surface area contributed by atoms with Crippen molar-refractivity contribution >= 4 is 15.2 Å². The van der Waals surface area contributed by atoms with Gasteiger partial charge in [0.25, 0.3) is 5.12 Å². The van der Waals surface area contributed by atoms with Gasteiger partial charge in [-0.05, 0) is 6.42 Å². The van der Waals surface area contributed by atoms with Gasteiger partial charge in [-0.15, -0.1) is 0 Å². The number of carbonyl (C=O) groups is 1. The van der Waals surface area contributed by atoms with Crippen molar-refractivity contribution in [2.75, 3.05) is 0 Å². The summed E-state index contributed by atoms with van der Waals surface area (Å²) in [6, 6.07) is 0. The third-order valence-corrected chi connectivity index (χ3v) is 6.55. The molecule has 4 N–H and O–H groups in total. The van der Waals surface area contributed by atoms with Crippen LogP contribution in [0.2, 0.25) is 0 Å². The molecule has 5 nitrogen and oxygen atoms in total. The SMILES string of the molecule is CCCCCCCCCCCCCCCCCCCCCCCC(=O)S(=O)(=O)O.N. The molecule has 0 spiro atoms. The van der Waals surface area contributed by atoms with Crippen molar-refractivity contribution in [1.82, 2.24) is 6.15 Å². The highest BCUT2D eigenvalue weighted by molar-refractivity contribution is 8.01. The first kappa shape index (κ1) is 31.7. The Kier molecular flexibility index (Phi) is 24.5. The van der Waals surface area contributed by atoms with Crippen LogP contribution >= 0.6 is 0 Å². The zero-order valence-corrected chi connectivity index (χ0v) is 20.7. The van der Waals surface area contributed by atoms with Crippen LogP contribution in [0, 0.1) is 0 Å². The predicted octanol–water partition coefficient (Wildman–Crippen LogP) is 8.16. The molecule has 0 aliphatic rings. The van der Waals surface area contributed by atoms with Gasteiger partial charge in [0.2, 0.25) is 0 Å². The summed E-state index contributed by atoms with van der Waals surface area (Å²) >= 11 is 0.